The molecule has 31 heavy (non-hydrogen) atoms. The normalized spacial score (nSPS) is 29.7. The molecule has 8 nitrogen and oxygen atoms in total. The molecule has 0 aromatic carbocycles. The topological polar surface area (TPSA) is 93.8 Å². The molecule has 2 saturated heterocycles. The maximum atomic E-state index is 13.5. The molecule has 3 N–H and O–H groups in total. The number of rotatable bonds is 7. The van der Waals surface area contributed by atoms with Gasteiger partial charge in [0.2, 0.25) is 11.8 Å². The molecule has 0 spiro atoms. The van der Waals surface area contributed by atoms with Gasteiger partial charge in [-0.15, -0.1) is 0 Å². The van der Waals surface area contributed by atoms with Gasteiger partial charge < -0.3 is 20.9 Å². The van der Waals surface area contributed by atoms with Crippen LogP contribution in [0.1, 0.15) is 65.2 Å². The lowest BCUT2D eigenvalue weighted by Gasteiger charge is -2.44. The van der Waals surface area contributed by atoms with Crippen molar-refractivity contribution in [3.63, 3.8) is 0 Å². The molecule has 4 aliphatic rings. The maximum Gasteiger partial charge on any atom is 0.315 e. The minimum absolute atomic E-state index is 0.0240. The van der Waals surface area contributed by atoms with Gasteiger partial charge in [-0.1, -0.05) is 19.3 Å². The van der Waals surface area contributed by atoms with Crippen LogP contribution in [0.4, 0.5) is 4.79 Å². The number of piperazine rings is 1. The minimum atomic E-state index is -0.288. The fraction of sp³-hybridized carbons (Fsp3) is 0.870. The predicted octanol–water partition coefficient (Wildman–Crippen LogP) is 1.45. The Balaban J connectivity index is 1.40. The highest BCUT2D eigenvalue weighted by atomic mass is 16.2. The lowest BCUT2D eigenvalue weighted by atomic mass is 9.88. The first kappa shape index (κ1) is 22.4. The fourth-order valence-electron chi connectivity index (χ4n) is 5.51. The van der Waals surface area contributed by atoms with E-state index in [0.29, 0.717) is 19.0 Å². The van der Waals surface area contributed by atoms with Gasteiger partial charge in [-0.05, 0) is 51.9 Å². The zero-order valence-electron chi connectivity index (χ0n) is 19.1. The van der Waals surface area contributed by atoms with E-state index in [2.05, 4.69) is 20.9 Å². The number of carbonyl (C=O) groups excluding carboxylic acids is 3. The van der Waals surface area contributed by atoms with E-state index in [0.717, 1.165) is 32.4 Å². The van der Waals surface area contributed by atoms with Crippen LogP contribution >= 0.6 is 0 Å². The van der Waals surface area contributed by atoms with Gasteiger partial charge in [0.05, 0.1) is 6.04 Å². The number of urea groups is 1. The molecule has 0 aromatic heterocycles. The quantitative estimate of drug-likeness (QED) is 0.567. The fourth-order valence-corrected chi connectivity index (χ4v) is 5.51. The third kappa shape index (κ3) is 5.70. The summed E-state index contributed by atoms with van der Waals surface area (Å²) in [5, 5.41) is 8.96. The Hall–Kier alpha value is -1.83. The molecule has 4 fully saturated rings. The molecule has 174 valence electrons. The maximum absolute atomic E-state index is 13.5. The molecule has 4 amide bonds. The molecule has 0 radical (unpaired) electrons. The molecule has 8 heteroatoms. The Morgan fingerprint density at radius 3 is 2.48 bits per heavy atom. The van der Waals surface area contributed by atoms with Crippen molar-refractivity contribution in [3.05, 3.63) is 0 Å². The summed E-state index contributed by atoms with van der Waals surface area (Å²) in [6.45, 7) is 6.59. The van der Waals surface area contributed by atoms with E-state index in [4.69, 9.17) is 0 Å². The summed E-state index contributed by atoms with van der Waals surface area (Å²) in [5.41, 5.74) is 0. The zero-order chi connectivity index (χ0) is 22.0. The molecular weight excluding hydrogens is 394 g/mol. The van der Waals surface area contributed by atoms with Crippen LogP contribution in [0, 0.1) is 11.8 Å². The third-order valence-electron chi connectivity index (χ3n) is 7.26. The van der Waals surface area contributed by atoms with Gasteiger partial charge in [-0.2, -0.15) is 0 Å². The number of carbonyl (C=O) groups is 3. The number of hydrogen-bond acceptors (Lipinski definition) is 4. The smallest absolute Gasteiger partial charge is 0.315 e. The van der Waals surface area contributed by atoms with Gasteiger partial charge in [0, 0.05) is 44.2 Å². The van der Waals surface area contributed by atoms with Gasteiger partial charge in [-0.25, -0.2) is 4.79 Å². The summed E-state index contributed by atoms with van der Waals surface area (Å²) in [6, 6.07) is -0.264. The largest absolute Gasteiger partial charge is 0.354 e. The van der Waals surface area contributed by atoms with Crippen molar-refractivity contribution >= 4 is 17.8 Å². The summed E-state index contributed by atoms with van der Waals surface area (Å²) < 4.78 is 0. The second-order valence-corrected chi connectivity index (χ2v) is 10.3. The van der Waals surface area contributed by atoms with Crippen molar-refractivity contribution in [2.45, 2.75) is 89.4 Å². The Morgan fingerprint density at radius 2 is 1.81 bits per heavy atom. The number of amides is 4. The molecule has 2 aliphatic carbocycles. The van der Waals surface area contributed by atoms with Crippen LogP contribution in [0.3, 0.4) is 0 Å². The van der Waals surface area contributed by atoms with Gasteiger partial charge in [0.25, 0.3) is 0 Å². The molecule has 2 saturated carbocycles. The summed E-state index contributed by atoms with van der Waals surface area (Å²) >= 11 is 0. The zero-order valence-corrected chi connectivity index (χ0v) is 19.1. The Labute approximate surface area is 185 Å². The van der Waals surface area contributed by atoms with Crippen LogP contribution in [-0.4, -0.2) is 78.0 Å². The van der Waals surface area contributed by atoms with Crippen LogP contribution in [0.25, 0.3) is 0 Å². The van der Waals surface area contributed by atoms with Crippen molar-refractivity contribution < 1.29 is 14.4 Å². The highest BCUT2D eigenvalue weighted by Gasteiger charge is 2.46. The van der Waals surface area contributed by atoms with Gasteiger partial charge in [0.15, 0.2) is 0 Å². The second-order valence-electron chi connectivity index (χ2n) is 10.3. The molecule has 2 heterocycles. The molecule has 0 bridgehead atoms. The Bertz CT molecular complexity index is 674. The highest BCUT2D eigenvalue weighted by Crippen LogP contribution is 2.31. The van der Waals surface area contributed by atoms with Gasteiger partial charge in [0.1, 0.15) is 6.04 Å². The van der Waals surface area contributed by atoms with Crippen molar-refractivity contribution in [1.82, 2.24) is 25.8 Å². The van der Waals surface area contributed by atoms with E-state index in [9.17, 15) is 14.4 Å². The number of nitrogens with zero attached hydrogens (tertiary/aromatic N) is 2. The number of hydrogen-bond donors (Lipinski definition) is 3. The second kappa shape index (κ2) is 9.76. The molecule has 2 aliphatic heterocycles. The summed E-state index contributed by atoms with van der Waals surface area (Å²) in [7, 11) is 0. The average Bonchev–Trinajstić information content (AvgIpc) is 3.49. The van der Waals surface area contributed by atoms with E-state index in [1.165, 1.54) is 32.1 Å². The van der Waals surface area contributed by atoms with Crippen LogP contribution in [-0.2, 0) is 9.59 Å². The summed E-state index contributed by atoms with van der Waals surface area (Å²) in [6.07, 6.45) is 9.08. The number of nitrogens with one attached hydrogen (secondary N) is 3. The predicted molar refractivity (Wildman–Crippen MR) is 118 cm³/mol. The van der Waals surface area contributed by atoms with Crippen LogP contribution < -0.4 is 16.0 Å². The van der Waals surface area contributed by atoms with Gasteiger partial charge >= 0.3 is 6.03 Å². The lowest BCUT2D eigenvalue weighted by molar-refractivity contribution is -0.144. The summed E-state index contributed by atoms with van der Waals surface area (Å²) in [4.78, 5) is 42.1. The monoisotopic (exact) mass is 433 g/mol. The first-order chi connectivity index (χ1) is 14.9. The number of fused-ring (bicyclic) bond motifs is 1. The first-order valence-electron chi connectivity index (χ1n) is 12.3. The van der Waals surface area contributed by atoms with Gasteiger partial charge in [-0.3, -0.25) is 14.5 Å². The van der Waals surface area contributed by atoms with E-state index in [1.807, 2.05) is 18.7 Å². The Kier molecular flexibility index (Phi) is 7.04. The standard InChI is InChI=1S/C23H39N5O3/c1-15(2)25-23(31)26-18-10-19-14-27(12-16-6-4-3-5-7-16)20(22(30)28(19)13-18)11-24-21(29)17-8-9-17/h15-20H,3-14H2,1-2H3,(H,24,29)(H2,25,26,31)/t18-,19-,20-/m0/s1. The van der Waals surface area contributed by atoms with E-state index in [1.54, 1.807) is 0 Å². The van der Waals surface area contributed by atoms with E-state index in [-0.39, 0.29) is 47.9 Å². The molecular formula is C23H39N5O3. The third-order valence-corrected chi connectivity index (χ3v) is 7.26. The molecule has 3 atom stereocenters. The molecule has 0 aromatic rings. The van der Waals surface area contributed by atoms with Crippen molar-refractivity contribution in [3.8, 4) is 0 Å². The SMILES string of the molecule is CC(C)NC(=O)N[C@H]1C[C@H]2CN(CC3CCCCC3)[C@@H](CNC(=O)C3CC3)C(=O)N2C1. The Morgan fingerprint density at radius 1 is 1.06 bits per heavy atom. The average molecular weight is 434 g/mol. The molecule has 4 rings (SSSR count). The van der Waals surface area contributed by atoms with Crippen molar-refractivity contribution in [1.29, 1.82) is 0 Å². The molecule has 0 unspecified atom stereocenters. The first-order valence-corrected chi connectivity index (χ1v) is 12.3. The van der Waals surface area contributed by atoms with Crippen LogP contribution in [0.15, 0.2) is 0 Å². The van der Waals surface area contributed by atoms with Crippen molar-refractivity contribution in [2.75, 3.05) is 26.2 Å². The lowest BCUT2D eigenvalue weighted by Crippen LogP contribution is -2.63. The van der Waals surface area contributed by atoms with E-state index >= 15 is 0 Å². The highest BCUT2D eigenvalue weighted by molar-refractivity contribution is 5.86. The van der Waals surface area contributed by atoms with Crippen LogP contribution in [0.2, 0.25) is 0 Å². The van der Waals surface area contributed by atoms with Crippen LogP contribution in [0.5, 0.6) is 0 Å². The van der Waals surface area contributed by atoms with Crippen molar-refractivity contribution in [2.24, 2.45) is 11.8 Å². The van der Waals surface area contributed by atoms with E-state index < -0.39 is 0 Å². The minimum Gasteiger partial charge on any atom is -0.354 e. The summed E-state index contributed by atoms with van der Waals surface area (Å²) in [5.74, 6) is 0.996.